The minimum Gasteiger partial charge on any atom is -0.380 e. The first-order valence-electron chi connectivity index (χ1n) is 4.84. The zero-order valence-corrected chi connectivity index (χ0v) is 8.68. The molecule has 0 radical (unpaired) electrons. The Morgan fingerprint density at radius 2 is 2.00 bits per heavy atom. The van der Waals surface area contributed by atoms with E-state index in [0.29, 0.717) is 19.4 Å². The van der Waals surface area contributed by atoms with E-state index in [2.05, 4.69) is 26.1 Å². The molecular weight excluding hydrogens is 166 g/mol. The van der Waals surface area contributed by atoms with Gasteiger partial charge in [0.25, 0.3) is 5.91 Å². The van der Waals surface area contributed by atoms with Gasteiger partial charge in [-0.1, -0.05) is 20.8 Å². The van der Waals surface area contributed by atoms with Gasteiger partial charge in [0.05, 0.1) is 0 Å². The molecule has 13 heavy (non-hydrogen) atoms. The minimum absolute atomic E-state index is 0.0791. The van der Waals surface area contributed by atoms with Crippen molar-refractivity contribution < 1.29 is 9.90 Å². The lowest BCUT2D eigenvalue weighted by Gasteiger charge is -2.35. The monoisotopic (exact) mass is 185 g/mol. The van der Waals surface area contributed by atoms with E-state index in [1.165, 1.54) is 0 Å². The highest BCUT2D eigenvalue weighted by Gasteiger charge is 2.41. The van der Waals surface area contributed by atoms with Crippen LogP contribution in [0.25, 0.3) is 0 Å². The summed E-state index contributed by atoms with van der Waals surface area (Å²) in [4.78, 5) is 11.4. The third-order valence-corrected chi connectivity index (χ3v) is 2.38. The normalized spacial score (nSPS) is 20.6. The van der Waals surface area contributed by atoms with Gasteiger partial charge >= 0.3 is 0 Å². The summed E-state index contributed by atoms with van der Waals surface area (Å²) in [7, 11) is 0. The SMILES string of the molecule is CC(C)(C)CNC(=O)C1(O)CCC1. The van der Waals surface area contributed by atoms with Gasteiger partial charge in [-0.25, -0.2) is 0 Å². The fraction of sp³-hybridized carbons (Fsp3) is 0.900. The summed E-state index contributed by atoms with van der Waals surface area (Å²) in [6.45, 7) is 6.78. The number of carbonyl (C=O) groups excluding carboxylic acids is 1. The second-order valence-corrected chi connectivity index (χ2v) is 5.13. The molecule has 3 heteroatoms. The fourth-order valence-electron chi connectivity index (χ4n) is 1.25. The third-order valence-electron chi connectivity index (χ3n) is 2.38. The topological polar surface area (TPSA) is 49.3 Å². The maximum Gasteiger partial charge on any atom is 0.251 e. The summed E-state index contributed by atoms with van der Waals surface area (Å²) < 4.78 is 0. The zero-order valence-electron chi connectivity index (χ0n) is 8.68. The van der Waals surface area contributed by atoms with Gasteiger partial charge < -0.3 is 10.4 Å². The van der Waals surface area contributed by atoms with Crippen LogP contribution in [0.1, 0.15) is 40.0 Å². The third kappa shape index (κ3) is 2.69. The molecule has 3 nitrogen and oxygen atoms in total. The first-order chi connectivity index (χ1) is 5.83. The zero-order chi connectivity index (χ0) is 10.1. The van der Waals surface area contributed by atoms with Crippen LogP contribution in [0.15, 0.2) is 0 Å². The van der Waals surface area contributed by atoms with Crippen molar-refractivity contribution in [3.63, 3.8) is 0 Å². The summed E-state index contributed by atoms with van der Waals surface area (Å²) in [5.41, 5.74) is -0.971. The lowest BCUT2D eigenvalue weighted by Crippen LogP contribution is -2.52. The highest BCUT2D eigenvalue weighted by atomic mass is 16.3. The number of amides is 1. The van der Waals surface area contributed by atoms with E-state index in [-0.39, 0.29) is 11.3 Å². The van der Waals surface area contributed by atoms with Crippen LogP contribution in [0.2, 0.25) is 0 Å². The van der Waals surface area contributed by atoms with Crippen molar-refractivity contribution >= 4 is 5.91 Å². The number of hydrogen-bond donors (Lipinski definition) is 2. The molecule has 1 aliphatic rings. The largest absolute Gasteiger partial charge is 0.380 e. The van der Waals surface area contributed by atoms with Gasteiger partial charge in [0.1, 0.15) is 5.60 Å². The summed E-state index contributed by atoms with van der Waals surface area (Å²) in [5, 5.41) is 12.4. The predicted molar refractivity (Wildman–Crippen MR) is 51.3 cm³/mol. The standard InChI is InChI=1S/C10H19NO2/c1-9(2,3)7-11-8(12)10(13)5-4-6-10/h13H,4-7H2,1-3H3,(H,11,12). The van der Waals surface area contributed by atoms with Gasteiger partial charge in [-0.15, -0.1) is 0 Å². The van der Waals surface area contributed by atoms with Crippen LogP contribution >= 0.6 is 0 Å². The van der Waals surface area contributed by atoms with Crippen LogP contribution in [-0.2, 0) is 4.79 Å². The van der Waals surface area contributed by atoms with Crippen molar-refractivity contribution in [1.29, 1.82) is 0 Å². The molecule has 0 aromatic rings. The van der Waals surface area contributed by atoms with Crippen molar-refractivity contribution in [1.82, 2.24) is 5.32 Å². The van der Waals surface area contributed by atoms with E-state index in [4.69, 9.17) is 0 Å². The maximum atomic E-state index is 11.4. The summed E-state index contributed by atoms with van der Waals surface area (Å²) >= 11 is 0. The molecule has 0 atom stereocenters. The summed E-state index contributed by atoms with van der Waals surface area (Å²) in [6, 6.07) is 0. The molecule has 76 valence electrons. The molecule has 0 unspecified atom stereocenters. The van der Waals surface area contributed by atoms with Gasteiger partial charge in [0, 0.05) is 6.54 Å². The van der Waals surface area contributed by atoms with Gasteiger partial charge in [0.2, 0.25) is 0 Å². The molecule has 0 saturated heterocycles. The number of rotatable bonds is 2. The Labute approximate surface area is 79.5 Å². The lowest BCUT2D eigenvalue weighted by atomic mass is 9.79. The van der Waals surface area contributed by atoms with E-state index in [1.54, 1.807) is 0 Å². The lowest BCUT2D eigenvalue weighted by molar-refractivity contribution is -0.148. The van der Waals surface area contributed by atoms with Crippen LogP contribution in [-0.4, -0.2) is 23.2 Å². The van der Waals surface area contributed by atoms with E-state index in [9.17, 15) is 9.90 Å². The Balaban J connectivity index is 2.34. The van der Waals surface area contributed by atoms with Crippen LogP contribution < -0.4 is 5.32 Å². The van der Waals surface area contributed by atoms with Crippen LogP contribution in [0, 0.1) is 5.41 Å². The van der Waals surface area contributed by atoms with Gasteiger partial charge in [-0.05, 0) is 24.7 Å². The van der Waals surface area contributed by atoms with E-state index in [1.807, 2.05) is 0 Å². The van der Waals surface area contributed by atoms with Crippen LogP contribution in [0.5, 0.6) is 0 Å². The predicted octanol–water partition coefficient (Wildman–Crippen LogP) is 1.06. The number of nitrogens with one attached hydrogen (secondary N) is 1. The summed E-state index contributed by atoms with van der Waals surface area (Å²) in [6.07, 6.45) is 2.19. The fourth-order valence-corrected chi connectivity index (χ4v) is 1.25. The molecule has 2 N–H and O–H groups in total. The van der Waals surface area contributed by atoms with Gasteiger partial charge in [0.15, 0.2) is 0 Å². The van der Waals surface area contributed by atoms with E-state index < -0.39 is 5.60 Å². The van der Waals surface area contributed by atoms with E-state index >= 15 is 0 Å². The number of aliphatic hydroxyl groups is 1. The second-order valence-electron chi connectivity index (χ2n) is 5.13. The molecule has 0 aromatic carbocycles. The minimum atomic E-state index is -1.05. The first kappa shape index (κ1) is 10.5. The Morgan fingerprint density at radius 3 is 2.31 bits per heavy atom. The van der Waals surface area contributed by atoms with Crippen molar-refractivity contribution in [2.45, 2.75) is 45.6 Å². The van der Waals surface area contributed by atoms with Gasteiger partial charge in [-0.3, -0.25) is 4.79 Å². The van der Waals surface area contributed by atoms with E-state index in [0.717, 1.165) is 6.42 Å². The van der Waals surface area contributed by atoms with Crippen molar-refractivity contribution in [2.75, 3.05) is 6.54 Å². The Bertz CT molecular complexity index is 201. The highest BCUT2D eigenvalue weighted by Crippen LogP contribution is 2.31. The smallest absolute Gasteiger partial charge is 0.251 e. The second kappa shape index (κ2) is 3.29. The molecule has 1 aliphatic carbocycles. The molecule has 0 spiro atoms. The molecule has 0 aromatic heterocycles. The number of carbonyl (C=O) groups is 1. The van der Waals surface area contributed by atoms with Crippen LogP contribution in [0.4, 0.5) is 0 Å². The summed E-state index contributed by atoms with van der Waals surface area (Å²) in [5.74, 6) is -0.200. The molecule has 1 amide bonds. The Kier molecular flexibility index (Phi) is 2.66. The Morgan fingerprint density at radius 1 is 1.46 bits per heavy atom. The highest BCUT2D eigenvalue weighted by molar-refractivity contribution is 5.85. The average molecular weight is 185 g/mol. The van der Waals surface area contributed by atoms with Crippen molar-refractivity contribution in [3.8, 4) is 0 Å². The molecule has 0 aliphatic heterocycles. The van der Waals surface area contributed by atoms with Crippen molar-refractivity contribution in [3.05, 3.63) is 0 Å². The van der Waals surface area contributed by atoms with Gasteiger partial charge in [-0.2, -0.15) is 0 Å². The average Bonchev–Trinajstić information content (AvgIpc) is 1.94. The Hall–Kier alpha value is -0.570. The molecule has 1 saturated carbocycles. The molecule has 0 bridgehead atoms. The number of hydrogen-bond acceptors (Lipinski definition) is 2. The van der Waals surface area contributed by atoms with Crippen LogP contribution in [0.3, 0.4) is 0 Å². The van der Waals surface area contributed by atoms with Crippen molar-refractivity contribution in [2.24, 2.45) is 5.41 Å². The first-order valence-corrected chi connectivity index (χ1v) is 4.84. The molecular formula is C10H19NO2. The molecule has 1 rings (SSSR count). The quantitative estimate of drug-likeness (QED) is 0.676. The molecule has 0 heterocycles. The maximum absolute atomic E-state index is 11.4. The molecule has 1 fully saturated rings.